The molecule has 2 aromatic rings. The standard InChI is InChI=1S/C24H30F3N3O3S/c1-6-34(33)29-21-19(30(13-24(21,26)27)22(31)23(4,5)32)12-16-8-7-9-17(20(16)25)18-11-14(2)10-15(3)28-18/h7-11,19,21,29,32H,6,12-13H2,1-5H3/t19-,21+,34?/m0/s1. The van der Waals surface area contributed by atoms with Crippen LogP contribution >= 0.6 is 0 Å². The molecule has 10 heteroatoms. The Morgan fingerprint density at radius 2 is 2.03 bits per heavy atom. The van der Waals surface area contributed by atoms with E-state index in [0.29, 0.717) is 11.4 Å². The van der Waals surface area contributed by atoms with E-state index in [9.17, 15) is 14.5 Å². The van der Waals surface area contributed by atoms with Gasteiger partial charge in [-0.05, 0) is 70.4 Å². The van der Waals surface area contributed by atoms with Crippen LogP contribution in [0.3, 0.4) is 0 Å². The number of hydrogen-bond acceptors (Lipinski definition) is 5. The summed E-state index contributed by atoms with van der Waals surface area (Å²) in [7, 11) is 0. The second kappa shape index (κ2) is 9.85. The molecule has 0 saturated carbocycles. The monoisotopic (exact) mass is 497 g/mol. The summed E-state index contributed by atoms with van der Waals surface area (Å²) in [5.41, 5.74) is 0.454. The topological polar surface area (TPSA) is 88.5 Å². The van der Waals surface area contributed by atoms with Gasteiger partial charge in [-0.3, -0.25) is 9.78 Å². The SMILES string of the molecule is CC[S+]([O-])N[C@@H]1[C@H](Cc2cccc(-c3cc(C)cc(C)n3)c2F)N(C(=O)C(C)(C)O)CC1(F)F. The number of benzene rings is 1. The van der Waals surface area contributed by atoms with Gasteiger partial charge >= 0.3 is 0 Å². The molecule has 0 aliphatic carbocycles. The summed E-state index contributed by atoms with van der Waals surface area (Å²) in [5.74, 6) is -4.88. The molecule has 2 N–H and O–H groups in total. The molecule has 186 valence electrons. The third-order valence-electron chi connectivity index (χ3n) is 5.81. The predicted molar refractivity (Wildman–Crippen MR) is 125 cm³/mol. The lowest BCUT2D eigenvalue weighted by atomic mass is 9.95. The number of carbonyl (C=O) groups excluding carboxylic acids is 1. The van der Waals surface area contributed by atoms with Crippen molar-refractivity contribution in [1.82, 2.24) is 14.6 Å². The highest BCUT2D eigenvalue weighted by Crippen LogP contribution is 2.37. The molecule has 1 fully saturated rings. The fraction of sp³-hybridized carbons (Fsp3) is 0.500. The zero-order valence-electron chi connectivity index (χ0n) is 19.9. The van der Waals surface area contributed by atoms with Crippen molar-refractivity contribution in [3.63, 3.8) is 0 Å². The van der Waals surface area contributed by atoms with Crippen LogP contribution in [0.5, 0.6) is 0 Å². The van der Waals surface area contributed by atoms with Crippen molar-refractivity contribution in [3.05, 3.63) is 53.0 Å². The van der Waals surface area contributed by atoms with Crippen molar-refractivity contribution in [3.8, 4) is 11.3 Å². The Hall–Kier alpha value is -2.14. The number of amides is 1. The summed E-state index contributed by atoms with van der Waals surface area (Å²) in [4.78, 5) is 18.1. The van der Waals surface area contributed by atoms with Crippen molar-refractivity contribution in [2.45, 2.75) is 64.6 Å². The molecule has 1 unspecified atom stereocenters. The Bertz CT molecular complexity index is 1040. The number of nitrogens with one attached hydrogen (secondary N) is 1. The summed E-state index contributed by atoms with van der Waals surface area (Å²) < 4.78 is 60.2. The first-order valence-corrected chi connectivity index (χ1v) is 12.4. The van der Waals surface area contributed by atoms with E-state index in [1.807, 2.05) is 13.0 Å². The van der Waals surface area contributed by atoms with Gasteiger partial charge < -0.3 is 14.6 Å². The lowest BCUT2D eigenvalue weighted by Gasteiger charge is -2.31. The Kier molecular flexibility index (Phi) is 7.66. The van der Waals surface area contributed by atoms with Crippen LogP contribution in [0.4, 0.5) is 13.2 Å². The molecule has 0 bridgehead atoms. The van der Waals surface area contributed by atoms with Crippen LogP contribution in [-0.2, 0) is 22.6 Å². The Balaban J connectivity index is 2.04. The highest BCUT2D eigenvalue weighted by atomic mass is 32.2. The number of rotatable bonds is 7. The van der Waals surface area contributed by atoms with Crippen LogP contribution in [-0.4, -0.2) is 61.4 Å². The minimum atomic E-state index is -3.43. The maximum atomic E-state index is 15.6. The third-order valence-corrected chi connectivity index (χ3v) is 6.85. The number of alkyl halides is 2. The van der Waals surface area contributed by atoms with E-state index in [4.69, 9.17) is 0 Å². The van der Waals surface area contributed by atoms with Gasteiger partial charge in [0.05, 0.1) is 18.3 Å². The van der Waals surface area contributed by atoms with Crippen LogP contribution in [0.15, 0.2) is 30.3 Å². The average molecular weight is 498 g/mol. The summed E-state index contributed by atoms with van der Waals surface area (Å²) in [6.07, 6.45) is -0.263. The predicted octanol–water partition coefficient (Wildman–Crippen LogP) is 3.31. The largest absolute Gasteiger partial charge is 0.598 e. The minimum absolute atomic E-state index is 0.0843. The van der Waals surface area contributed by atoms with Gasteiger partial charge in [-0.1, -0.05) is 12.1 Å². The minimum Gasteiger partial charge on any atom is -0.598 e. The Morgan fingerprint density at radius 1 is 1.35 bits per heavy atom. The fourth-order valence-electron chi connectivity index (χ4n) is 4.24. The zero-order chi connectivity index (χ0) is 25.4. The van der Waals surface area contributed by atoms with Crippen LogP contribution in [0.1, 0.15) is 37.6 Å². The van der Waals surface area contributed by atoms with Gasteiger partial charge in [0.25, 0.3) is 11.8 Å². The number of aromatic nitrogens is 1. The van der Waals surface area contributed by atoms with E-state index >= 15 is 13.2 Å². The van der Waals surface area contributed by atoms with Crippen LogP contribution < -0.4 is 4.72 Å². The maximum Gasteiger partial charge on any atom is 0.286 e. The number of aliphatic hydroxyl groups is 1. The highest BCUT2D eigenvalue weighted by Gasteiger charge is 2.58. The quantitative estimate of drug-likeness (QED) is 0.573. The number of nitrogens with zero attached hydrogens (tertiary/aromatic N) is 2. The molecule has 1 aliphatic rings. The van der Waals surface area contributed by atoms with E-state index in [-0.39, 0.29) is 23.3 Å². The molecule has 1 saturated heterocycles. The van der Waals surface area contributed by atoms with Crippen molar-refractivity contribution in [1.29, 1.82) is 0 Å². The molecule has 3 rings (SSSR count). The van der Waals surface area contributed by atoms with Crippen molar-refractivity contribution >= 4 is 17.3 Å². The number of halogens is 3. The van der Waals surface area contributed by atoms with Gasteiger partial charge in [0, 0.05) is 22.6 Å². The number of aryl methyl sites for hydroxylation is 2. The molecule has 0 spiro atoms. The third kappa shape index (κ3) is 5.56. The summed E-state index contributed by atoms with van der Waals surface area (Å²) >= 11 is -1.77. The molecule has 1 aromatic carbocycles. The first-order valence-electron chi connectivity index (χ1n) is 11.0. The van der Waals surface area contributed by atoms with Gasteiger partial charge in [-0.15, -0.1) is 4.72 Å². The van der Waals surface area contributed by atoms with E-state index in [1.165, 1.54) is 19.9 Å². The zero-order valence-corrected chi connectivity index (χ0v) is 20.7. The van der Waals surface area contributed by atoms with Gasteiger partial charge in [0.15, 0.2) is 0 Å². The lowest BCUT2D eigenvalue weighted by molar-refractivity contribution is -0.149. The second-order valence-electron chi connectivity index (χ2n) is 9.20. The lowest BCUT2D eigenvalue weighted by Crippen LogP contribution is -2.54. The molecule has 0 radical (unpaired) electrons. The van der Waals surface area contributed by atoms with Crippen molar-refractivity contribution in [2.24, 2.45) is 0 Å². The Morgan fingerprint density at radius 3 is 2.62 bits per heavy atom. The molecular weight excluding hydrogens is 467 g/mol. The Labute approximate surface area is 200 Å². The van der Waals surface area contributed by atoms with Crippen LogP contribution in [0.25, 0.3) is 11.3 Å². The van der Waals surface area contributed by atoms with Gasteiger partial charge in [-0.2, -0.15) is 0 Å². The normalized spacial score (nSPS) is 21.1. The smallest absolute Gasteiger partial charge is 0.286 e. The first-order chi connectivity index (χ1) is 15.7. The van der Waals surface area contributed by atoms with E-state index in [1.54, 1.807) is 32.0 Å². The average Bonchev–Trinajstić information content (AvgIpc) is 2.97. The highest BCUT2D eigenvalue weighted by molar-refractivity contribution is 7.89. The molecule has 34 heavy (non-hydrogen) atoms. The molecule has 1 amide bonds. The number of carbonyl (C=O) groups is 1. The molecule has 2 heterocycles. The molecule has 3 atom stereocenters. The van der Waals surface area contributed by atoms with Crippen LogP contribution in [0.2, 0.25) is 0 Å². The summed E-state index contributed by atoms with van der Waals surface area (Å²) in [5, 5.41) is 10.2. The van der Waals surface area contributed by atoms with E-state index < -0.39 is 53.2 Å². The van der Waals surface area contributed by atoms with E-state index in [0.717, 1.165) is 10.5 Å². The number of pyridine rings is 1. The van der Waals surface area contributed by atoms with Crippen LogP contribution in [0, 0.1) is 19.7 Å². The number of hydrogen-bond donors (Lipinski definition) is 2. The van der Waals surface area contributed by atoms with Crippen molar-refractivity contribution in [2.75, 3.05) is 12.3 Å². The molecular formula is C24H30F3N3O3S. The van der Waals surface area contributed by atoms with Gasteiger partial charge in [0.1, 0.15) is 23.2 Å². The fourth-order valence-corrected chi connectivity index (χ4v) is 5.02. The van der Waals surface area contributed by atoms with Crippen molar-refractivity contribution < 1.29 is 27.6 Å². The maximum absolute atomic E-state index is 15.6. The summed E-state index contributed by atoms with van der Waals surface area (Å²) in [6.45, 7) is 6.68. The van der Waals surface area contributed by atoms with Gasteiger partial charge in [-0.25, -0.2) is 13.2 Å². The molecule has 1 aliphatic heterocycles. The molecule has 1 aromatic heterocycles. The first kappa shape index (κ1) is 26.5. The molecule has 6 nitrogen and oxygen atoms in total. The summed E-state index contributed by atoms with van der Waals surface area (Å²) in [6, 6.07) is 5.31. The van der Waals surface area contributed by atoms with Gasteiger partial charge in [0.2, 0.25) is 0 Å². The van der Waals surface area contributed by atoms with E-state index in [2.05, 4.69) is 9.71 Å². The second-order valence-corrected chi connectivity index (χ2v) is 10.7. The number of likely N-dealkylation sites (tertiary alicyclic amines) is 1.